The Kier molecular flexibility index (Phi) is 3.54. The zero-order valence-electron chi connectivity index (χ0n) is 7.29. The molecule has 1 aliphatic heterocycles. The molecule has 0 aromatic carbocycles. The number of rotatable bonds is 1. The predicted molar refractivity (Wildman–Crippen MR) is 56.3 cm³/mol. The predicted octanol–water partition coefficient (Wildman–Crippen LogP) is 2.02. The lowest BCUT2D eigenvalue weighted by molar-refractivity contribution is -0.103. The van der Waals surface area contributed by atoms with Crippen LogP contribution in [0.25, 0.3) is 0 Å². The molecule has 0 bridgehead atoms. The van der Waals surface area contributed by atoms with E-state index in [2.05, 4.69) is 25.7 Å². The molecule has 1 saturated heterocycles. The van der Waals surface area contributed by atoms with Crippen LogP contribution in [-0.4, -0.2) is 21.9 Å². The van der Waals surface area contributed by atoms with Crippen molar-refractivity contribution in [2.24, 2.45) is 5.92 Å². The summed E-state index contributed by atoms with van der Waals surface area (Å²) in [5, 5.41) is 0. The van der Waals surface area contributed by atoms with Crippen LogP contribution in [0, 0.1) is 17.8 Å². The molecule has 1 heterocycles. The minimum Gasteiger partial charge on any atom is -0.289 e. The van der Waals surface area contributed by atoms with Gasteiger partial charge in [0.05, 0.1) is 0 Å². The molecule has 0 amide bonds. The molecule has 0 spiro atoms. The highest BCUT2D eigenvalue weighted by molar-refractivity contribution is 8.21. The summed E-state index contributed by atoms with van der Waals surface area (Å²) in [4.78, 5) is 10.1. The largest absolute Gasteiger partial charge is 0.289 e. The van der Waals surface area contributed by atoms with Crippen molar-refractivity contribution >= 4 is 29.8 Å². The van der Waals surface area contributed by atoms with E-state index in [1.807, 2.05) is 23.5 Å². The van der Waals surface area contributed by atoms with Crippen molar-refractivity contribution < 1.29 is 4.79 Å². The van der Waals surface area contributed by atoms with Crippen LogP contribution in [0.1, 0.15) is 13.8 Å². The average Bonchev–Trinajstić information content (AvgIpc) is 2.50. The minimum atomic E-state index is -0.0130. The normalized spacial score (nSPS) is 20.2. The molecule has 66 valence electrons. The van der Waals surface area contributed by atoms with Gasteiger partial charge in [0.2, 0.25) is 0 Å². The van der Waals surface area contributed by atoms with Gasteiger partial charge in [-0.1, -0.05) is 19.8 Å². The Hall–Kier alpha value is -0.0700. The van der Waals surface area contributed by atoms with Gasteiger partial charge >= 0.3 is 0 Å². The summed E-state index contributed by atoms with van der Waals surface area (Å²) in [6.07, 6.45) is 0.684. The van der Waals surface area contributed by atoms with E-state index in [0.29, 0.717) is 12.2 Å². The molecule has 1 rings (SSSR count). The average molecular weight is 200 g/mol. The smallest absolute Gasteiger partial charge is 0.192 e. The standard InChI is InChI=1S/C9H12OS2/c1-8(2)9(4-3-5-10)11-6-7-12-9/h5,8H,6-7H2,1-2H3. The number of hydrogen-bond acceptors (Lipinski definition) is 3. The lowest BCUT2D eigenvalue weighted by Crippen LogP contribution is -2.22. The Balaban J connectivity index is 2.78. The third-order valence-electron chi connectivity index (χ3n) is 1.78. The second kappa shape index (κ2) is 4.25. The highest BCUT2D eigenvalue weighted by atomic mass is 32.2. The maximum absolute atomic E-state index is 10.1. The van der Waals surface area contributed by atoms with E-state index in [9.17, 15) is 4.79 Å². The molecule has 0 N–H and O–H groups in total. The zero-order valence-corrected chi connectivity index (χ0v) is 8.93. The highest BCUT2D eigenvalue weighted by Crippen LogP contribution is 2.48. The SMILES string of the molecule is CC(C)C1(C#CC=O)SCCS1. The lowest BCUT2D eigenvalue weighted by Gasteiger charge is -2.24. The van der Waals surface area contributed by atoms with Gasteiger partial charge in [0.15, 0.2) is 6.29 Å². The van der Waals surface area contributed by atoms with Crippen LogP contribution in [-0.2, 0) is 4.79 Å². The van der Waals surface area contributed by atoms with Gasteiger partial charge in [0.1, 0.15) is 4.08 Å². The Morgan fingerprint density at radius 2 is 2.00 bits per heavy atom. The fraction of sp³-hybridized carbons (Fsp3) is 0.667. The van der Waals surface area contributed by atoms with Crippen LogP contribution >= 0.6 is 23.5 Å². The fourth-order valence-electron chi connectivity index (χ4n) is 1.11. The second-order valence-corrected chi connectivity index (χ2v) is 5.85. The number of aldehydes is 1. The third-order valence-corrected chi connectivity index (χ3v) is 5.57. The van der Waals surface area contributed by atoms with Crippen LogP contribution in [0.5, 0.6) is 0 Å². The van der Waals surface area contributed by atoms with E-state index in [0.717, 1.165) is 11.5 Å². The summed E-state index contributed by atoms with van der Waals surface area (Å²) in [5.41, 5.74) is 0. The van der Waals surface area contributed by atoms with E-state index in [-0.39, 0.29) is 4.08 Å². The summed E-state index contributed by atoms with van der Waals surface area (Å²) >= 11 is 3.74. The van der Waals surface area contributed by atoms with Crippen molar-refractivity contribution in [1.82, 2.24) is 0 Å². The van der Waals surface area contributed by atoms with Crippen molar-refractivity contribution in [2.45, 2.75) is 17.9 Å². The maximum Gasteiger partial charge on any atom is 0.192 e. The van der Waals surface area contributed by atoms with E-state index >= 15 is 0 Å². The van der Waals surface area contributed by atoms with Crippen LogP contribution in [0.15, 0.2) is 0 Å². The quantitative estimate of drug-likeness (QED) is 0.476. The minimum absolute atomic E-state index is 0.0130. The summed E-state index contributed by atoms with van der Waals surface area (Å²) in [6.45, 7) is 4.32. The Morgan fingerprint density at radius 3 is 2.42 bits per heavy atom. The van der Waals surface area contributed by atoms with Crippen LogP contribution in [0.4, 0.5) is 0 Å². The molecular formula is C9H12OS2. The first kappa shape index (κ1) is 10.0. The summed E-state index contributed by atoms with van der Waals surface area (Å²) in [5.74, 6) is 8.39. The van der Waals surface area contributed by atoms with E-state index in [1.54, 1.807) is 0 Å². The second-order valence-electron chi connectivity index (χ2n) is 2.91. The maximum atomic E-state index is 10.1. The molecule has 1 nitrogen and oxygen atoms in total. The van der Waals surface area contributed by atoms with Gasteiger partial charge in [-0.2, -0.15) is 0 Å². The molecule has 0 aliphatic carbocycles. The van der Waals surface area contributed by atoms with Gasteiger partial charge in [0, 0.05) is 11.5 Å². The van der Waals surface area contributed by atoms with Crippen LogP contribution in [0.2, 0.25) is 0 Å². The molecule has 3 heteroatoms. The highest BCUT2D eigenvalue weighted by Gasteiger charge is 2.36. The molecule has 0 atom stereocenters. The molecule has 12 heavy (non-hydrogen) atoms. The number of carbonyl (C=O) groups excluding carboxylic acids is 1. The van der Waals surface area contributed by atoms with Crippen molar-refractivity contribution in [2.75, 3.05) is 11.5 Å². The van der Waals surface area contributed by atoms with Gasteiger partial charge in [0.25, 0.3) is 0 Å². The van der Waals surface area contributed by atoms with Crippen LogP contribution < -0.4 is 0 Å². The lowest BCUT2D eigenvalue weighted by atomic mass is 10.1. The van der Waals surface area contributed by atoms with Crippen molar-refractivity contribution in [3.05, 3.63) is 0 Å². The number of thioether (sulfide) groups is 2. The molecular weight excluding hydrogens is 188 g/mol. The van der Waals surface area contributed by atoms with Gasteiger partial charge in [-0.15, -0.1) is 23.5 Å². The van der Waals surface area contributed by atoms with Gasteiger partial charge < -0.3 is 0 Å². The first-order valence-corrected chi connectivity index (χ1v) is 5.92. The van der Waals surface area contributed by atoms with E-state index in [1.165, 1.54) is 0 Å². The monoisotopic (exact) mass is 200 g/mol. The Labute approximate surface area is 82.1 Å². The van der Waals surface area contributed by atoms with Crippen LogP contribution in [0.3, 0.4) is 0 Å². The number of carbonyl (C=O) groups is 1. The van der Waals surface area contributed by atoms with Gasteiger partial charge in [-0.25, -0.2) is 0 Å². The summed E-state index contributed by atoms with van der Waals surface area (Å²) in [6, 6.07) is 0. The Bertz CT molecular complexity index is 218. The molecule has 1 aliphatic rings. The first-order chi connectivity index (χ1) is 5.71. The van der Waals surface area contributed by atoms with E-state index < -0.39 is 0 Å². The first-order valence-electron chi connectivity index (χ1n) is 3.95. The van der Waals surface area contributed by atoms with Crippen molar-refractivity contribution in [1.29, 1.82) is 0 Å². The third kappa shape index (κ3) is 1.99. The summed E-state index contributed by atoms with van der Waals surface area (Å²) < 4.78 is -0.0130. The van der Waals surface area contributed by atoms with Crippen molar-refractivity contribution in [3.63, 3.8) is 0 Å². The fourth-order valence-corrected chi connectivity index (χ4v) is 4.14. The molecule has 1 fully saturated rings. The molecule has 0 aromatic heterocycles. The molecule has 0 unspecified atom stereocenters. The number of hydrogen-bond donors (Lipinski definition) is 0. The molecule has 0 radical (unpaired) electrons. The Morgan fingerprint density at radius 1 is 1.42 bits per heavy atom. The summed E-state index contributed by atoms with van der Waals surface area (Å²) in [7, 11) is 0. The van der Waals surface area contributed by atoms with Gasteiger partial charge in [-0.3, -0.25) is 4.79 Å². The molecule has 0 saturated carbocycles. The topological polar surface area (TPSA) is 17.1 Å². The van der Waals surface area contributed by atoms with Gasteiger partial charge in [-0.05, 0) is 11.8 Å². The zero-order chi connectivity index (χ0) is 9.03. The van der Waals surface area contributed by atoms with Crippen molar-refractivity contribution in [3.8, 4) is 11.8 Å². The van der Waals surface area contributed by atoms with E-state index in [4.69, 9.17) is 0 Å². The molecule has 0 aromatic rings.